The lowest BCUT2D eigenvalue weighted by Gasteiger charge is -2.47. The van der Waals surface area contributed by atoms with Gasteiger partial charge in [0.15, 0.2) is 0 Å². The lowest BCUT2D eigenvalue weighted by atomic mass is 9.73. The summed E-state index contributed by atoms with van der Waals surface area (Å²) in [5, 5.41) is 1.19. The number of rotatable bonds is 9. The summed E-state index contributed by atoms with van der Waals surface area (Å²) in [4.78, 5) is 39.1. The number of carbonyl (C=O) groups is 2. The molecule has 1 aromatic carbocycles. The number of fused-ring (bicyclic) bond motifs is 2. The molecule has 0 bridgehead atoms. The Morgan fingerprint density at radius 1 is 1.06 bits per heavy atom. The van der Waals surface area contributed by atoms with Crippen LogP contribution in [0.15, 0.2) is 36.8 Å². The van der Waals surface area contributed by atoms with Crippen LogP contribution in [0.25, 0.3) is 16.6 Å². The monoisotopic (exact) mass is 656 g/mol. The fourth-order valence-electron chi connectivity index (χ4n) is 9.47. The second kappa shape index (κ2) is 13.2. The molecule has 0 radical (unpaired) electrons. The minimum Gasteiger partial charge on any atom is -0.342 e. The quantitative estimate of drug-likeness (QED) is 0.292. The summed E-state index contributed by atoms with van der Waals surface area (Å²) in [6, 6.07) is 5.89. The molecule has 4 fully saturated rings. The molecule has 48 heavy (non-hydrogen) atoms. The summed E-state index contributed by atoms with van der Waals surface area (Å²) in [7, 11) is 1.77. The minimum absolute atomic E-state index is 0.00224. The van der Waals surface area contributed by atoms with E-state index in [1.54, 1.807) is 24.9 Å². The maximum Gasteiger partial charge on any atom is 0.256 e. The highest BCUT2D eigenvalue weighted by molar-refractivity contribution is 5.99. The summed E-state index contributed by atoms with van der Waals surface area (Å²) in [6.07, 6.45) is 11.9. The van der Waals surface area contributed by atoms with Gasteiger partial charge in [-0.1, -0.05) is 6.92 Å². The summed E-state index contributed by atoms with van der Waals surface area (Å²) >= 11 is 0. The van der Waals surface area contributed by atoms with Gasteiger partial charge in [0.25, 0.3) is 5.91 Å². The highest BCUT2D eigenvalue weighted by Crippen LogP contribution is 2.43. The van der Waals surface area contributed by atoms with Crippen LogP contribution in [-0.2, 0) is 11.2 Å². The number of hydrogen-bond donors (Lipinski definition) is 0. The number of pyridine rings is 1. The molecule has 2 amide bonds. The van der Waals surface area contributed by atoms with Crippen LogP contribution in [-0.4, -0.2) is 105 Å². The Balaban J connectivity index is 1.04. The molecule has 0 spiro atoms. The molecular weight excluding hydrogens is 603 g/mol. The molecule has 258 valence electrons. The first-order valence-corrected chi connectivity index (χ1v) is 18.3. The van der Waals surface area contributed by atoms with Crippen molar-refractivity contribution in [3.8, 4) is 5.69 Å². The average molecular weight is 657 g/mol. The van der Waals surface area contributed by atoms with Crippen molar-refractivity contribution in [2.75, 3.05) is 46.3 Å². The van der Waals surface area contributed by atoms with Gasteiger partial charge in [-0.05, 0) is 112 Å². The molecule has 2 unspecified atom stereocenters. The average Bonchev–Trinajstić information content (AvgIpc) is 3.82. The van der Waals surface area contributed by atoms with Crippen molar-refractivity contribution in [3.05, 3.63) is 59.3 Å². The molecule has 9 heteroatoms. The molecule has 3 aliphatic heterocycles. The van der Waals surface area contributed by atoms with E-state index in [1.807, 2.05) is 26.2 Å². The SMILES string of the molecule is CCC(C1CC(N2CC3CN(C(C)=O)C[C@@H]3C2)C1)N1CC[C@H](Cc2cn(-c3ccc(F)cc3C(=O)N(C)C(C)C)c3cncc(C)c23)C1. The van der Waals surface area contributed by atoms with E-state index in [-0.39, 0.29) is 17.9 Å². The topological polar surface area (TPSA) is 64.9 Å². The van der Waals surface area contributed by atoms with Gasteiger partial charge in [0, 0.05) is 82.6 Å². The summed E-state index contributed by atoms with van der Waals surface area (Å²) in [6.45, 7) is 16.6. The van der Waals surface area contributed by atoms with Crippen molar-refractivity contribution < 1.29 is 14.0 Å². The molecule has 1 aliphatic carbocycles. The third-order valence-electron chi connectivity index (χ3n) is 12.4. The molecule has 1 saturated carbocycles. The summed E-state index contributed by atoms with van der Waals surface area (Å²) < 4.78 is 16.6. The van der Waals surface area contributed by atoms with Crippen molar-refractivity contribution in [1.29, 1.82) is 0 Å². The van der Waals surface area contributed by atoms with Crippen LogP contribution in [0.3, 0.4) is 0 Å². The highest BCUT2D eigenvalue weighted by atomic mass is 19.1. The summed E-state index contributed by atoms with van der Waals surface area (Å²) in [5.74, 6) is 2.28. The van der Waals surface area contributed by atoms with Crippen LogP contribution in [0.4, 0.5) is 4.39 Å². The normalized spacial score (nSPS) is 26.8. The van der Waals surface area contributed by atoms with Crippen molar-refractivity contribution in [2.45, 2.75) is 84.8 Å². The van der Waals surface area contributed by atoms with Crippen LogP contribution in [0.1, 0.15) is 74.9 Å². The molecule has 8 nitrogen and oxygen atoms in total. The highest BCUT2D eigenvalue weighted by Gasteiger charge is 2.47. The first-order valence-electron chi connectivity index (χ1n) is 18.3. The van der Waals surface area contributed by atoms with Gasteiger partial charge in [0.05, 0.1) is 23.0 Å². The third kappa shape index (κ3) is 6.06. The fourth-order valence-corrected chi connectivity index (χ4v) is 9.47. The fraction of sp³-hybridized carbons (Fsp3) is 0.615. The van der Waals surface area contributed by atoms with E-state index < -0.39 is 5.82 Å². The number of halogens is 1. The maximum absolute atomic E-state index is 14.5. The molecule has 4 atom stereocenters. The number of aryl methyl sites for hydroxylation is 1. The van der Waals surface area contributed by atoms with Crippen LogP contribution >= 0.6 is 0 Å². The zero-order chi connectivity index (χ0) is 33.9. The van der Waals surface area contributed by atoms with Crippen molar-refractivity contribution in [2.24, 2.45) is 23.7 Å². The number of carbonyl (C=O) groups excluding carboxylic acids is 2. The molecule has 7 rings (SSSR count). The van der Waals surface area contributed by atoms with Crippen LogP contribution in [0, 0.1) is 36.4 Å². The van der Waals surface area contributed by atoms with Gasteiger partial charge >= 0.3 is 0 Å². The Morgan fingerprint density at radius 2 is 1.79 bits per heavy atom. The second-order valence-electron chi connectivity index (χ2n) is 15.7. The molecule has 0 N–H and O–H groups in total. The maximum atomic E-state index is 14.5. The minimum atomic E-state index is -0.413. The van der Waals surface area contributed by atoms with Crippen molar-refractivity contribution >= 4 is 22.7 Å². The van der Waals surface area contributed by atoms with E-state index in [4.69, 9.17) is 0 Å². The Labute approximate surface area is 285 Å². The standard InChI is InChI=1S/C39H53FN6O2/c1-7-35(28-13-33(14-28)45-21-30-19-44(26(5)47)20-31(30)22-45)43-11-10-27(18-43)12-29-23-46(37-17-41-16-25(4)38(29)37)36-9-8-32(40)15-34(36)39(48)42(6)24(2)3/h8-9,15-17,23-24,27-28,30-31,33,35H,7,10-14,18-22H2,1-6H3/t27-,28?,30-,31?,33?,35?/m1/s1. The smallest absolute Gasteiger partial charge is 0.256 e. The molecule has 4 aliphatic rings. The Bertz CT molecular complexity index is 1670. The predicted molar refractivity (Wildman–Crippen MR) is 188 cm³/mol. The van der Waals surface area contributed by atoms with E-state index in [0.29, 0.717) is 41.1 Å². The number of amides is 2. The number of nitrogens with zero attached hydrogens (tertiary/aromatic N) is 6. The van der Waals surface area contributed by atoms with Gasteiger partial charge in [-0.3, -0.25) is 24.4 Å². The molecular formula is C39H53FN6O2. The number of hydrogen-bond acceptors (Lipinski definition) is 5. The molecule has 3 saturated heterocycles. The molecule has 5 heterocycles. The first kappa shape index (κ1) is 33.2. The number of aromatic nitrogens is 2. The van der Waals surface area contributed by atoms with E-state index in [0.717, 1.165) is 49.6 Å². The van der Waals surface area contributed by atoms with Gasteiger partial charge in [-0.2, -0.15) is 0 Å². The zero-order valence-corrected chi connectivity index (χ0v) is 29.7. The summed E-state index contributed by atoms with van der Waals surface area (Å²) in [5.41, 5.74) is 4.41. The van der Waals surface area contributed by atoms with Gasteiger partial charge in [-0.25, -0.2) is 4.39 Å². The lowest BCUT2D eigenvalue weighted by Crippen LogP contribution is -2.52. The Hall–Kier alpha value is -3.30. The lowest BCUT2D eigenvalue weighted by molar-refractivity contribution is -0.128. The molecule has 3 aromatic rings. The van der Waals surface area contributed by atoms with Crippen LogP contribution in [0.5, 0.6) is 0 Å². The number of likely N-dealkylation sites (tertiary alicyclic amines) is 3. The first-order chi connectivity index (χ1) is 23.0. The van der Waals surface area contributed by atoms with Crippen LogP contribution < -0.4 is 0 Å². The Kier molecular flexibility index (Phi) is 9.13. The predicted octanol–water partition coefficient (Wildman–Crippen LogP) is 5.79. The second-order valence-corrected chi connectivity index (χ2v) is 15.7. The van der Waals surface area contributed by atoms with Crippen molar-refractivity contribution in [1.82, 2.24) is 29.2 Å². The largest absolute Gasteiger partial charge is 0.342 e. The molecule has 2 aromatic heterocycles. The van der Waals surface area contributed by atoms with E-state index in [9.17, 15) is 14.0 Å². The number of benzene rings is 1. The van der Waals surface area contributed by atoms with Gasteiger partial charge in [0.2, 0.25) is 5.91 Å². The van der Waals surface area contributed by atoms with E-state index in [2.05, 4.69) is 44.3 Å². The van der Waals surface area contributed by atoms with Crippen molar-refractivity contribution in [3.63, 3.8) is 0 Å². The van der Waals surface area contributed by atoms with Gasteiger partial charge in [0.1, 0.15) is 5.82 Å². The van der Waals surface area contributed by atoms with Crippen LogP contribution in [0.2, 0.25) is 0 Å². The van der Waals surface area contributed by atoms with Gasteiger partial charge < -0.3 is 14.4 Å². The van der Waals surface area contributed by atoms with E-state index in [1.165, 1.54) is 61.9 Å². The Morgan fingerprint density at radius 3 is 2.46 bits per heavy atom. The zero-order valence-electron chi connectivity index (χ0n) is 29.7. The third-order valence-corrected chi connectivity index (χ3v) is 12.4. The van der Waals surface area contributed by atoms with E-state index >= 15 is 0 Å². The van der Waals surface area contributed by atoms with Gasteiger partial charge in [-0.15, -0.1) is 0 Å².